The van der Waals surface area contributed by atoms with E-state index in [9.17, 15) is 13.2 Å². The molecule has 1 unspecified atom stereocenters. The van der Waals surface area contributed by atoms with Crippen molar-refractivity contribution in [1.29, 1.82) is 0 Å². The number of para-hydroxylation sites is 1. The molecular weight excluding hydrogens is 338 g/mol. The van der Waals surface area contributed by atoms with Gasteiger partial charge in [0.05, 0.1) is 4.90 Å². The molecule has 25 heavy (non-hydrogen) atoms. The zero-order valence-electron chi connectivity index (χ0n) is 14.0. The fraction of sp³-hybridized carbons (Fsp3) is 0.278. The summed E-state index contributed by atoms with van der Waals surface area (Å²) in [5.74, 6) is -0.0756. The molecule has 1 heterocycles. The van der Waals surface area contributed by atoms with Crippen molar-refractivity contribution >= 4 is 21.6 Å². The number of sulfonamides is 1. The lowest BCUT2D eigenvalue weighted by Crippen LogP contribution is -2.51. The van der Waals surface area contributed by atoms with Crippen LogP contribution in [0.2, 0.25) is 0 Å². The van der Waals surface area contributed by atoms with Gasteiger partial charge in [-0.05, 0) is 43.3 Å². The third-order valence-electron chi connectivity index (χ3n) is 4.09. The fourth-order valence-electron chi connectivity index (χ4n) is 2.80. The average Bonchev–Trinajstić information content (AvgIpc) is 2.62. The van der Waals surface area contributed by atoms with Gasteiger partial charge in [0.25, 0.3) is 15.9 Å². The first-order valence-electron chi connectivity index (χ1n) is 8.16. The summed E-state index contributed by atoms with van der Waals surface area (Å²) in [5, 5.41) is 3.29. The van der Waals surface area contributed by atoms with E-state index in [1.54, 1.807) is 41.3 Å². The number of carbonyl (C=O) groups is 1. The predicted octanol–water partition coefficient (Wildman–Crippen LogP) is 1.92. The molecule has 3 rings (SSSR count). The van der Waals surface area contributed by atoms with Gasteiger partial charge in [-0.25, -0.2) is 8.42 Å². The van der Waals surface area contributed by atoms with Gasteiger partial charge in [0.2, 0.25) is 0 Å². The van der Waals surface area contributed by atoms with Crippen molar-refractivity contribution in [1.82, 2.24) is 10.2 Å². The highest BCUT2D eigenvalue weighted by Gasteiger charge is 2.22. The SMILES string of the molecule is CC1CN(C(=O)c2ccc(S(=O)(=O)Nc3ccccc3)cc2)CCN1. The molecule has 0 saturated carbocycles. The van der Waals surface area contributed by atoms with Crippen molar-refractivity contribution in [3.05, 3.63) is 60.2 Å². The maximum Gasteiger partial charge on any atom is 0.261 e. The number of piperazine rings is 1. The van der Waals surface area contributed by atoms with E-state index in [2.05, 4.69) is 10.0 Å². The molecule has 0 spiro atoms. The molecule has 1 aliphatic rings. The van der Waals surface area contributed by atoms with Crippen molar-refractivity contribution in [2.24, 2.45) is 0 Å². The normalized spacial score (nSPS) is 18.0. The van der Waals surface area contributed by atoms with Crippen LogP contribution in [0.4, 0.5) is 5.69 Å². The summed E-state index contributed by atoms with van der Waals surface area (Å²) in [4.78, 5) is 14.4. The number of carbonyl (C=O) groups excluding carboxylic acids is 1. The van der Waals surface area contributed by atoms with Crippen molar-refractivity contribution < 1.29 is 13.2 Å². The molecule has 1 atom stereocenters. The summed E-state index contributed by atoms with van der Waals surface area (Å²) in [6.45, 7) is 4.10. The fourth-order valence-corrected chi connectivity index (χ4v) is 3.85. The second kappa shape index (κ2) is 7.25. The Labute approximate surface area is 147 Å². The van der Waals surface area contributed by atoms with E-state index < -0.39 is 10.0 Å². The number of nitrogens with one attached hydrogen (secondary N) is 2. The Kier molecular flexibility index (Phi) is 5.06. The molecule has 7 heteroatoms. The quantitative estimate of drug-likeness (QED) is 0.874. The Balaban J connectivity index is 1.74. The summed E-state index contributed by atoms with van der Waals surface area (Å²) in [7, 11) is -3.67. The maximum absolute atomic E-state index is 12.5. The largest absolute Gasteiger partial charge is 0.336 e. The van der Waals surface area contributed by atoms with Crippen LogP contribution in [0.5, 0.6) is 0 Å². The van der Waals surface area contributed by atoms with E-state index in [1.807, 2.05) is 13.0 Å². The van der Waals surface area contributed by atoms with E-state index >= 15 is 0 Å². The second-order valence-corrected chi connectivity index (χ2v) is 7.78. The molecule has 1 aliphatic heterocycles. The first-order valence-corrected chi connectivity index (χ1v) is 9.64. The molecule has 2 aromatic rings. The van der Waals surface area contributed by atoms with E-state index in [0.29, 0.717) is 24.3 Å². The van der Waals surface area contributed by atoms with Crippen LogP contribution in [0.1, 0.15) is 17.3 Å². The summed E-state index contributed by atoms with van der Waals surface area (Å²) in [6.07, 6.45) is 0. The Morgan fingerprint density at radius 2 is 1.80 bits per heavy atom. The second-order valence-electron chi connectivity index (χ2n) is 6.10. The molecule has 2 N–H and O–H groups in total. The Morgan fingerprint density at radius 3 is 2.44 bits per heavy atom. The monoisotopic (exact) mass is 359 g/mol. The third kappa shape index (κ3) is 4.18. The van der Waals surface area contributed by atoms with E-state index in [-0.39, 0.29) is 16.8 Å². The highest BCUT2D eigenvalue weighted by atomic mass is 32.2. The molecule has 0 bridgehead atoms. The zero-order chi connectivity index (χ0) is 17.9. The van der Waals surface area contributed by atoms with Gasteiger partial charge in [-0.1, -0.05) is 18.2 Å². The number of rotatable bonds is 4. The molecule has 0 aromatic heterocycles. The molecule has 1 saturated heterocycles. The lowest BCUT2D eigenvalue weighted by atomic mass is 10.1. The van der Waals surface area contributed by atoms with Gasteiger partial charge in [-0.15, -0.1) is 0 Å². The van der Waals surface area contributed by atoms with Crippen LogP contribution >= 0.6 is 0 Å². The standard InChI is InChI=1S/C18H21N3O3S/c1-14-13-21(12-11-19-14)18(22)15-7-9-17(10-8-15)25(23,24)20-16-5-3-2-4-6-16/h2-10,14,19-20H,11-13H2,1H3. The van der Waals surface area contributed by atoms with Gasteiger partial charge in [0.1, 0.15) is 0 Å². The Bertz CT molecular complexity index is 836. The third-order valence-corrected chi connectivity index (χ3v) is 5.49. The van der Waals surface area contributed by atoms with Crippen LogP contribution in [0.3, 0.4) is 0 Å². The number of anilines is 1. The van der Waals surface area contributed by atoms with Gasteiger partial charge in [0.15, 0.2) is 0 Å². The number of amides is 1. The van der Waals surface area contributed by atoms with Crippen LogP contribution in [0.25, 0.3) is 0 Å². The molecule has 132 valence electrons. The molecule has 0 radical (unpaired) electrons. The first kappa shape index (κ1) is 17.4. The van der Waals surface area contributed by atoms with Crippen LogP contribution in [0.15, 0.2) is 59.5 Å². The molecule has 0 aliphatic carbocycles. The predicted molar refractivity (Wildman–Crippen MR) is 97.1 cm³/mol. The van der Waals surface area contributed by atoms with Crippen molar-refractivity contribution in [2.75, 3.05) is 24.4 Å². The van der Waals surface area contributed by atoms with Crippen molar-refractivity contribution in [2.45, 2.75) is 17.9 Å². The first-order chi connectivity index (χ1) is 12.0. The summed E-state index contributed by atoms with van der Waals surface area (Å²) in [5.41, 5.74) is 0.991. The lowest BCUT2D eigenvalue weighted by molar-refractivity contribution is 0.0709. The maximum atomic E-state index is 12.5. The molecule has 1 fully saturated rings. The van der Waals surface area contributed by atoms with Crippen LogP contribution in [-0.4, -0.2) is 44.9 Å². The summed E-state index contributed by atoms with van der Waals surface area (Å²) in [6, 6.07) is 15.0. The molecule has 1 amide bonds. The summed E-state index contributed by atoms with van der Waals surface area (Å²) >= 11 is 0. The van der Waals surface area contributed by atoms with Gasteiger partial charge in [-0.3, -0.25) is 9.52 Å². The van der Waals surface area contributed by atoms with E-state index in [0.717, 1.165) is 6.54 Å². The van der Waals surface area contributed by atoms with Crippen LogP contribution in [-0.2, 0) is 10.0 Å². The van der Waals surface area contributed by atoms with Gasteiger partial charge in [-0.2, -0.15) is 0 Å². The highest BCUT2D eigenvalue weighted by molar-refractivity contribution is 7.92. The minimum atomic E-state index is -3.67. The molecule has 6 nitrogen and oxygen atoms in total. The number of nitrogens with zero attached hydrogens (tertiary/aromatic N) is 1. The molecule has 2 aromatic carbocycles. The number of benzene rings is 2. The van der Waals surface area contributed by atoms with E-state index in [4.69, 9.17) is 0 Å². The topological polar surface area (TPSA) is 78.5 Å². The summed E-state index contributed by atoms with van der Waals surface area (Å²) < 4.78 is 27.3. The lowest BCUT2D eigenvalue weighted by Gasteiger charge is -2.32. The van der Waals surface area contributed by atoms with Gasteiger partial charge >= 0.3 is 0 Å². The smallest absolute Gasteiger partial charge is 0.261 e. The Hall–Kier alpha value is -2.38. The van der Waals surface area contributed by atoms with Crippen LogP contribution in [0, 0.1) is 0 Å². The highest BCUT2D eigenvalue weighted by Crippen LogP contribution is 2.17. The Morgan fingerprint density at radius 1 is 1.12 bits per heavy atom. The van der Waals surface area contributed by atoms with Gasteiger partial charge < -0.3 is 10.2 Å². The van der Waals surface area contributed by atoms with Crippen molar-refractivity contribution in [3.8, 4) is 0 Å². The number of hydrogen-bond acceptors (Lipinski definition) is 4. The van der Waals surface area contributed by atoms with E-state index in [1.165, 1.54) is 12.1 Å². The average molecular weight is 359 g/mol. The van der Waals surface area contributed by atoms with Gasteiger partial charge in [0, 0.05) is 36.9 Å². The minimum absolute atomic E-state index is 0.0756. The van der Waals surface area contributed by atoms with Crippen LogP contribution < -0.4 is 10.0 Å². The molecular formula is C18H21N3O3S. The van der Waals surface area contributed by atoms with Crippen molar-refractivity contribution in [3.63, 3.8) is 0 Å². The minimum Gasteiger partial charge on any atom is -0.336 e. The zero-order valence-corrected chi connectivity index (χ0v) is 14.8. The number of hydrogen-bond donors (Lipinski definition) is 2.